The molecule has 2 amide bonds. The van der Waals surface area contributed by atoms with Gasteiger partial charge in [-0.25, -0.2) is 17.3 Å². The first-order valence-electron chi connectivity index (χ1n) is 32.1. The molecule has 7 N–H and O–H groups in total. The van der Waals surface area contributed by atoms with Crippen molar-refractivity contribution >= 4 is 48.7 Å². The van der Waals surface area contributed by atoms with E-state index in [1.807, 2.05) is 37.2 Å². The molecule has 1 fully saturated rings. The third kappa shape index (κ3) is 32.4. The van der Waals surface area contributed by atoms with Crippen LogP contribution >= 0.6 is 0 Å². The summed E-state index contributed by atoms with van der Waals surface area (Å²) in [5.74, 6) is -0.980. The first-order valence-corrected chi connectivity index (χ1v) is 34.9. The van der Waals surface area contributed by atoms with Gasteiger partial charge < -0.3 is 45.1 Å². The fourth-order valence-electron chi connectivity index (χ4n) is 10.5. The number of carbonyl (C=O) groups excluding carboxylic acids is 2. The van der Waals surface area contributed by atoms with Gasteiger partial charge in [-0.2, -0.15) is 8.42 Å². The molecule has 20 heteroatoms. The molecule has 482 valence electrons. The van der Waals surface area contributed by atoms with Crippen molar-refractivity contribution in [2.45, 2.75) is 267 Å². The number of hydrogen-bond acceptors (Lipinski definition) is 14. The summed E-state index contributed by atoms with van der Waals surface area (Å²) in [4.78, 5) is 28.1. The van der Waals surface area contributed by atoms with Gasteiger partial charge in [-0.1, -0.05) is 217 Å². The lowest BCUT2D eigenvalue weighted by Gasteiger charge is -2.41. The lowest BCUT2D eigenvalue weighted by molar-refractivity contribution is -0.300. The number of nitrogens with zero attached hydrogens (tertiary/aromatic N) is 1. The molecule has 0 aliphatic carbocycles. The third-order valence-electron chi connectivity index (χ3n) is 15.4. The molecule has 7 atom stereocenters. The van der Waals surface area contributed by atoms with Crippen molar-refractivity contribution in [1.29, 1.82) is 0 Å². The monoisotopic (exact) mass is 1220 g/mol. The zero-order valence-electron chi connectivity index (χ0n) is 51.6. The van der Waals surface area contributed by atoms with Crippen molar-refractivity contribution in [1.82, 2.24) is 15.4 Å². The van der Waals surface area contributed by atoms with Crippen LogP contribution in [0, 0.1) is 0 Å². The highest BCUT2D eigenvalue weighted by Crippen LogP contribution is 2.31. The van der Waals surface area contributed by atoms with Gasteiger partial charge in [0.15, 0.2) is 6.29 Å². The Labute approximate surface area is 506 Å². The number of nitrogens with one attached hydrogen (secondary N) is 3. The molecule has 1 aliphatic rings. The predicted octanol–water partition coefficient (Wildman–Crippen LogP) is 11.4. The number of anilines is 1. The van der Waals surface area contributed by atoms with Gasteiger partial charge in [-0.05, 0) is 57.1 Å². The molecular weight excluding hydrogens is 1110 g/mol. The van der Waals surface area contributed by atoms with E-state index >= 15 is 0 Å². The van der Waals surface area contributed by atoms with Crippen LogP contribution < -0.4 is 20.3 Å². The molecule has 18 nitrogen and oxygen atoms in total. The summed E-state index contributed by atoms with van der Waals surface area (Å²) in [6.07, 6.45) is 35.0. The third-order valence-corrected chi connectivity index (χ3v) is 17.4. The van der Waals surface area contributed by atoms with Gasteiger partial charge in [-0.15, -0.1) is 0 Å². The van der Waals surface area contributed by atoms with Gasteiger partial charge in [0, 0.05) is 50.1 Å². The molecule has 0 saturated carbocycles. The molecule has 1 aliphatic heterocycles. The van der Waals surface area contributed by atoms with E-state index in [4.69, 9.17) is 18.4 Å². The van der Waals surface area contributed by atoms with Gasteiger partial charge in [0.2, 0.25) is 21.8 Å². The smallest absolute Gasteiger partial charge is 0.387 e. The first kappa shape index (κ1) is 74.7. The summed E-state index contributed by atoms with van der Waals surface area (Å²) in [6.45, 7) is 2.55. The number of aliphatic hydroxyl groups excluding tert-OH is 3. The highest BCUT2D eigenvalue weighted by atomic mass is 32.3. The Kier molecular flexibility index (Phi) is 39.9. The second-order valence-corrected chi connectivity index (χ2v) is 25.8. The molecule has 1 heterocycles. The van der Waals surface area contributed by atoms with Gasteiger partial charge >= 0.3 is 10.4 Å². The van der Waals surface area contributed by atoms with Crippen LogP contribution in [0.2, 0.25) is 0 Å². The van der Waals surface area contributed by atoms with E-state index in [9.17, 15) is 46.3 Å². The minimum atomic E-state index is -5.21. The van der Waals surface area contributed by atoms with Crippen molar-refractivity contribution in [3.8, 4) is 0 Å². The number of aliphatic hydroxyl groups is 3. The number of amides is 2. The van der Waals surface area contributed by atoms with E-state index in [0.717, 1.165) is 56.0 Å². The largest absolute Gasteiger partial charge is 0.397 e. The van der Waals surface area contributed by atoms with E-state index < -0.39 is 89.0 Å². The second kappa shape index (κ2) is 44.8. The zero-order chi connectivity index (χ0) is 61.3. The minimum Gasteiger partial charge on any atom is -0.387 e. The van der Waals surface area contributed by atoms with Crippen molar-refractivity contribution in [2.24, 2.45) is 0 Å². The van der Waals surface area contributed by atoms with E-state index in [1.54, 1.807) is 24.3 Å². The normalized spacial score (nSPS) is 18.5. The van der Waals surface area contributed by atoms with E-state index in [-0.39, 0.29) is 30.3 Å². The molecule has 0 unspecified atom stereocenters. The van der Waals surface area contributed by atoms with Gasteiger partial charge in [0.1, 0.15) is 31.0 Å². The standard InChI is InChI=1S/C64H110N4O14S2/c1-5-7-9-11-13-15-17-19-20-21-22-23-24-25-26-28-30-32-34-36-38-46-59(70)67-54(56(69)44-37-35-33-31-29-27-18-16-14-12-10-8-6-2)49-80-64-62(73)61(72)63(82-84(76,77)78)57(81-64)50-79-51-60(71)65-47-48-66-83(74,75)58-45-40-41-52-53(58)42-39-43-55(52)68(3)4/h19-20,37,39-45,54,56-57,61-64,66,69,72-73H,5-18,21-36,38,46-51H2,1-4H3,(H,65,71)(H,67,70)(H,76,77,78)/b20-19-,44-37+/t54-,56+,57+,61+,62+,63-,64-/m0/s1. The lowest BCUT2D eigenvalue weighted by atomic mass is 9.99. The number of allylic oxidation sites excluding steroid dienone is 3. The fraction of sp³-hybridized carbons (Fsp3) is 0.750. The summed E-state index contributed by atoms with van der Waals surface area (Å²) < 4.78 is 84.5. The summed E-state index contributed by atoms with van der Waals surface area (Å²) >= 11 is 0. The van der Waals surface area contributed by atoms with Gasteiger partial charge in [0.25, 0.3) is 0 Å². The maximum Gasteiger partial charge on any atom is 0.397 e. The number of sulfonamides is 1. The molecule has 3 rings (SSSR count). The van der Waals surface area contributed by atoms with Crippen molar-refractivity contribution < 1.29 is 64.7 Å². The highest BCUT2D eigenvalue weighted by molar-refractivity contribution is 7.89. The Morgan fingerprint density at radius 1 is 0.643 bits per heavy atom. The Morgan fingerprint density at radius 2 is 1.14 bits per heavy atom. The Bertz CT molecular complexity index is 2360. The van der Waals surface area contributed by atoms with Crippen LogP contribution in [-0.2, 0) is 48.4 Å². The molecule has 0 bridgehead atoms. The van der Waals surface area contributed by atoms with E-state index in [2.05, 4.69) is 41.4 Å². The average molecular weight is 1220 g/mol. The topological polar surface area (TPSA) is 260 Å². The molecule has 2 aromatic rings. The summed E-state index contributed by atoms with van der Waals surface area (Å²) in [5.41, 5.74) is 0.845. The predicted molar refractivity (Wildman–Crippen MR) is 336 cm³/mol. The Morgan fingerprint density at radius 3 is 1.68 bits per heavy atom. The average Bonchev–Trinajstić information content (AvgIpc) is 1.79. The van der Waals surface area contributed by atoms with Crippen LogP contribution in [-0.4, -0.2) is 138 Å². The quantitative estimate of drug-likeness (QED) is 0.0185. The number of rotatable bonds is 51. The van der Waals surface area contributed by atoms with Gasteiger partial charge in [0.05, 0.1) is 30.3 Å². The maximum atomic E-state index is 13.4. The van der Waals surface area contributed by atoms with Crippen molar-refractivity contribution in [2.75, 3.05) is 51.9 Å². The van der Waals surface area contributed by atoms with Crippen LogP contribution in [0.25, 0.3) is 10.8 Å². The Balaban J connectivity index is 1.49. The number of carbonyl (C=O) groups is 2. The highest BCUT2D eigenvalue weighted by Gasteiger charge is 2.48. The zero-order valence-corrected chi connectivity index (χ0v) is 53.2. The Hall–Kier alpha value is -3.54. The molecule has 1 saturated heterocycles. The van der Waals surface area contributed by atoms with Crippen molar-refractivity contribution in [3.63, 3.8) is 0 Å². The number of benzene rings is 2. The summed E-state index contributed by atoms with van der Waals surface area (Å²) in [5, 5.41) is 40.3. The maximum absolute atomic E-state index is 13.4. The van der Waals surface area contributed by atoms with Crippen LogP contribution in [0.15, 0.2) is 65.6 Å². The molecule has 2 aromatic carbocycles. The molecule has 84 heavy (non-hydrogen) atoms. The van der Waals surface area contributed by atoms with Gasteiger partial charge in [-0.3, -0.25) is 14.1 Å². The minimum absolute atomic E-state index is 0.0748. The lowest BCUT2D eigenvalue weighted by Crippen LogP contribution is -2.61. The molecule has 0 radical (unpaired) electrons. The van der Waals surface area contributed by atoms with E-state index in [1.165, 1.54) is 154 Å². The van der Waals surface area contributed by atoms with Crippen LogP contribution in [0.4, 0.5) is 5.69 Å². The number of hydrogen-bond donors (Lipinski definition) is 7. The van der Waals surface area contributed by atoms with Crippen molar-refractivity contribution in [3.05, 3.63) is 60.7 Å². The molecule has 0 spiro atoms. The van der Waals surface area contributed by atoms with E-state index in [0.29, 0.717) is 11.8 Å². The van der Waals surface area contributed by atoms with Crippen LogP contribution in [0.3, 0.4) is 0 Å². The molecular formula is C64H110N4O14S2. The van der Waals surface area contributed by atoms with Crippen LogP contribution in [0.5, 0.6) is 0 Å². The fourth-order valence-corrected chi connectivity index (χ4v) is 12.3. The first-order chi connectivity index (χ1) is 40.5. The van der Waals surface area contributed by atoms with Crippen LogP contribution in [0.1, 0.15) is 219 Å². The molecule has 0 aromatic heterocycles. The second-order valence-electron chi connectivity index (χ2n) is 23.0. The number of fused-ring (bicyclic) bond motifs is 1. The SMILES string of the molecule is CCCCCCCC/C=C\CCCCCCCCCCCCCC(=O)N[C@@H](CO[C@H]1O[C@H](COCC(=O)NCCNS(=O)(=O)c2cccc3c(N(C)C)cccc23)[C@H](OS(=O)(=O)O)[C@H](O)[C@H]1O)[C@H](O)/C=C/CCCCCCCCCCCCC. The summed E-state index contributed by atoms with van der Waals surface area (Å²) in [7, 11) is -5.48. The number of ether oxygens (including phenoxy) is 3. The number of unbranched alkanes of at least 4 members (excludes halogenated alkanes) is 28. The summed E-state index contributed by atoms with van der Waals surface area (Å²) in [6, 6.07) is 9.35.